The summed E-state index contributed by atoms with van der Waals surface area (Å²) in [7, 11) is 1.29. The molecule has 0 saturated heterocycles. The highest BCUT2D eigenvalue weighted by Crippen LogP contribution is 2.46. The number of fused-ring (bicyclic) bond motifs is 1. The number of nitrogen functional groups attached to an aromatic ring is 1. The van der Waals surface area contributed by atoms with Crippen molar-refractivity contribution < 1.29 is 9.53 Å². The van der Waals surface area contributed by atoms with E-state index in [-0.39, 0.29) is 22.3 Å². The zero-order chi connectivity index (χ0) is 15.9. The van der Waals surface area contributed by atoms with Crippen molar-refractivity contribution in [1.29, 1.82) is 5.26 Å². The molecule has 0 spiro atoms. The number of ether oxygens (including phenoxy) is 1. The molecule has 1 aliphatic rings. The van der Waals surface area contributed by atoms with Gasteiger partial charge in [0.05, 0.1) is 19.0 Å². The fraction of sp³-hybridized carbons (Fsp3) is 0.286. The van der Waals surface area contributed by atoms with Crippen molar-refractivity contribution in [2.24, 2.45) is 0 Å². The molecule has 8 heteroatoms. The third-order valence-electron chi connectivity index (χ3n) is 3.63. The number of aromatic nitrogens is 3. The van der Waals surface area contributed by atoms with Crippen molar-refractivity contribution in [2.45, 2.75) is 17.9 Å². The van der Waals surface area contributed by atoms with Crippen LogP contribution in [-0.2, 0) is 10.5 Å². The molecule has 3 heterocycles. The molecule has 0 fully saturated rings. The largest absolute Gasteiger partial charge is 0.464 e. The Kier molecular flexibility index (Phi) is 3.50. The molecule has 2 aromatic heterocycles. The first-order chi connectivity index (χ1) is 10.6. The Morgan fingerprint density at radius 1 is 1.64 bits per heavy atom. The van der Waals surface area contributed by atoms with Gasteiger partial charge in [-0.05, 0) is 12.5 Å². The minimum absolute atomic E-state index is 0.169. The Hall–Kier alpha value is -2.53. The van der Waals surface area contributed by atoms with Gasteiger partial charge in [0.1, 0.15) is 17.5 Å². The molecular formula is C14H13N5O2S. The number of H-pyrrole nitrogens is 1. The number of rotatable bonds is 2. The van der Waals surface area contributed by atoms with E-state index in [2.05, 4.69) is 21.3 Å². The maximum atomic E-state index is 11.9. The van der Waals surface area contributed by atoms with E-state index in [0.717, 1.165) is 11.3 Å². The van der Waals surface area contributed by atoms with Gasteiger partial charge < -0.3 is 10.5 Å². The predicted octanol–water partition coefficient (Wildman–Crippen LogP) is 2.02. The van der Waals surface area contributed by atoms with Crippen LogP contribution in [0.5, 0.6) is 0 Å². The minimum Gasteiger partial charge on any atom is -0.464 e. The van der Waals surface area contributed by atoms with Gasteiger partial charge in [0.15, 0.2) is 5.69 Å². The monoisotopic (exact) mass is 315 g/mol. The maximum absolute atomic E-state index is 11.9. The topological polar surface area (TPSA) is 118 Å². The first-order valence-electron chi connectivity index (χ1n) is 6.54. The Balaban J connectivity index is 2.32. The van der Waals surface area contributed by atoms with Gasteiger partial charge in [-0.15, -0.1) is 11.8 Å². The van der Waals surface area contributed by atoms with Gasteiger partial charge in [0.2, 0.25) is 0 Å². The number of methoxy groups -OCH3 is 1. The van der Waals surface area contributed by atoms with Crippen LogP contribution in [0.1, 0.15) is 39.5 Å². The molecule has 3 N–H and O–H groups in total. The zero-order valence-corrected chi connectivity index (χ0v) is 12.8. The van der Waals surface area contributed by atoms with Crippen LogP contribution >= 0.6 is 11.8 Å². The summed E-state index contributed by atoms with van der Waals surface area (Å²) in [6.45, 7) is 2.04. The Morgan fingerprint density at radius 3 is 3.09 bits per heavy atom. The van der Waals surface area contributed by atoms with Crippen LogP contribution < -0.4 is 5.73 Å². The Morgan fingerprint density at radius 2 is 2.41 bits per heavy atom. The van der Waals surface area contributed by atoms with E-state index >= 15 is 0 Å². The molecule has 112 valence electrons. The lowest BCUT2D eigenvalue weighted by Gasteiger charge is -2.12. The highest BCUT2D eigenvalue weighted by molar-refractivity contribution is 7.99. The van der Waals surface area contributed by atoms with Gasteiger partial charge in [-0.1, -0.05) is 0 Å². The first kappa shape index (κ1) is 14.4. The minimum atomic E-state index is -0.542. The average molecular weight is 315 g/mol. The predicted molar refractivity (Wildman–Crippen MR) is 82.0 cm³/mol. The third kappa shape index (κ3) is 2.02. The molecule has 1 atom stereocenters. The maximum Gasteiger partial charge on any atom is 0.356 e. The number of hydrogen-bond acceptors (Lipinski definition) is 7. The van der Waals surface area contributed by atoms with Gasteiger partial charge in [-0.3, -0.25) is 5.10 Å². The molecule has 0 aromatic carbocycles. The second kappa shape index (κ2) is 5.35. The molecular weight excluding hydrogens is 302 g/mol. The van der Waals surface area contributed by atoms with E-state index < -0.39 is 5.97 Å². The lowest BCUT2D eigenvalue weighted by molar-refractivity contribution is 0.0595. The van der Waals surface area contributed by atoms with Gasteiger partial charge in [-0.25, -0.2) is 9.78 Å². The number of nitrogens with one attached hydrogen (secondary N) is 1. The van der Waals surface area contributed by atoms with Crippen LogP contribution in [-0.4, -0.2) is 28.3 Å². The Bertz CT molecular complexity index is 808. The first-order valence-corrected chi connectivity index (χ1v) is 7.59. The van der Waals surface area contributed by atoms with Gasteiger partial charge in [0.25, 0.3) is 0 Å². The van der Waals surface area contributed by atoms with Crippen LogP contribution in [0.25, 0.3) is 11.1 Å². The number of carbonyl (C=O) groups excluding carboxylic acids is 1. The second-order valence-corrected chi connectivity index (χ2v) is 6.16. The smallest absolute Gasteiger partial charge is 0.356 e. The number of esters is 1. The summed E-state index contributed by atoms with van der Waals surface area (Å²) in [5.74, 6) is 0.335. The zero-order valence-electron chi connectivity index (χ0n) is 12.0. The van der Waals surface area contributed by atoms with E-state index in [0.29, 0.717) is 16.9 Å². The van der Waals surface area contributed by atoms with Crippen LogP contribution in [0.15, 0.2) is 6.20 Å². The summed E-state index contributed by atoms with van der Waals surface area (Å²) < 4.78 is 4.76. The number of anilines is 1. The van der Waals surface area contributed by atoms with Crippen molar-refractivity contribution >= 4 is 23.5 Å². The molecule has 22 heavy (non-hydrogen) atoms. The number of nitriles is 1. The molecule has 0 aliphatic carbocycles. The molecule has 0 radical (unpaired) electrons. The van der Waals surface area contributed by atoms with E-state index in [9.17, 15) is 10.1 Å². The number of aromatic amines is 1. The number of nitrogens with two attached hydrogens (primary N) is 1. The second-order valence-electron chi connectivity index (χ2n) is 4.83. The van der Waals surface area contributed by atoms with Crippen molar-refractivity contribution in [3.8, 4) is 17.2 Å². The molecule has 0 bridgehead atoms. The number of pyridine rings is 1. The van der Waals surface area contributed by atoms with E-state index in [1.807, 2.05) is 6.92 Å². The standard InChI is InChI=1S/C14H13N5O2S/c1-6-11-9(5-22-6)10(7(3-15)13(16)18-11)8-4-17-19-12(8)14(20)21-2/h4,6H,5H2,1-2H3,(H2,16,18)(H,17,19)/t6-/m0/s1. The molecule has 2 aromatic rings. The highest BCUT2D eigenvalue weighted by atomic mass is 32.2. The third-order valence-corrected chi connectivity index (χ3v) is 4.81. The summed E-state index contributed by atoms with van der Waals surface area (Å²) in [4.78, 5) is 16.2. The summed E-state index contributed by atoms with van der Waals surface area (Å²) in [5, 5.41) is 16.2. The average Bonchev–Trinajstić information content (AvgIpc) is 3.13. The van der Waals surface area contributed by atoms with Crippen molar-refractivity contribution in [3.05, 3.63) is 28.7 Å². The summed E-state index contributed by atoms with van der Waals surface area (Å²) in [5.41, 5.74) is 9.33. The van der Waals surface area contributed by atoms with Crippen molar-refractivity contribution in [3.63, 3.8) is 0 Å². The van der Waals surface area contributed by atoms with Gasteiger partial charge in [0, 0.05) is 22.1 Å². The van der Waals surface area contributed by atoms with Crippen LogP contribution in [0.3, 0.4) is 0 Å². The van der Waals surface area contributed by atoms with Crippen molar-refractivity contribution in [1.82, 2.24) is 15.2 Å². The number of hydrogen-bond donors (Lipinski definition) is 2. The van der Waals surface area contributed by atoms with Crippen LogP contribution in [0, 0.1) is 11.3 Å². The SMILES string of the molecule is COC(=O)c1[nH]ncc1-c1c(C#N)c(N)nc2c1CS[C@H]2C. The Labute approximate surface area is 130 Å². The molecule has 0 saturated carbocycles. The summed E-state index contributed by atoms with van der Waals surface area (Å²) in [6, 6.07) is 2.09. The van der Waals surface area contributed by atoms with Crippen LogP contribution in [0.4, 0.5) is 5.82 Å². The normalized spacial score (nSPS) is 16.1. The fourth-order valence-electron chi connectivity index (χ4n) is 2.57. The molecule has 3 rings (SSSR count). The number of nitrogens with zero attached hydrogens (tertiary/aromatic N) is 3. The van der Waals surface area contributed by atoms with Crippen LogP contribution in [0.2, 0.25) is 0 Å². The van der Waals surface area contributed by atoms with E-state index in [1.54, 1.807) is 11.8 Å². The number of carbonyl (C=O) groups is 1. The molecule has 7 nitrogen and oxygen atoms in total. The molecule has 0 unspecified atom stereocenters. The highest BCUT2D eigenvalue weighted by Gasteiger charge is 2.30. The quantitative estimate of drug-likeness (QED) is 0.814. The van der Waals surface area contributed by atoms with Gasteiger partial charge in [-0.2, -0.15) is 10.4 Å². The molecule has 0 amide bonds. The molecule has 1 aliphatic heterocycles. The van der Waals surface area contributed by atoms with E-state index in [1.165, 1.54) is 13.3 Å². The lowest BCUT2D eigenvalue weighted by Crippen LogP contribution is -2.08. The van der Waals surface area contributed by atoms with Crippen molar-refractivity contribution in [2.75, 3.05) is 12.8 Å². The summed E-state index contributed by atoms with van der Waals surface area (Å²) >= 11 is 1.71. The lowest BCUT2D eigenvalue weighted by atomic mass is 9.94. The summed E-state index contributed by atoms with van der Waals surface area (Å²) in [6.07, 6.45) is 1.51. The van der Waals surface area contributed by atoms with E-state index in [4.69, 9.17) is 10.5 Å². The fourth-order valence-corrected chi connectivity index (χ4v) is 3.64. The van der Waals surface area contributed by atoms with Gasteiger partial charge >= 0.3 is 5.97 Å². The number of thioether (sulfide) groups is 1.